The number of nitrogens with zero attached hydrogens (tertiary/aromatic N) is 2. The maximum absolute atomic E-state index is 10.4. The molecule has 0 aliphatic heterocycles. The second kappa shape index (κ2) is 5.49. The SMILES string of the molecule is Cc1nc2scc(C)n2c1CNCCCC(=O)O. The van der Waals surface area contributed by atoms with Gasteiger partial charge < -0.3 is 10.4 Å². The topological polar surface area (TPSA) is 66.6 Å². The molecule has 0 saturated carbocycles. The molecule has 0 fully saturated rings. The number of hydrogen-bond acceptors (Lipinski definition) is 4. The molecule has 0 aliphatic carbocycles. The van der Waals surface area contributed by atoms with Crippen LogP contribution < -0.4 is 5.32 Å². The van der Waals surface area contributed by atoms with E-state index in [1.165, 1.54) is 11.4 Å². The number of imidazole rings is 1. The molecule has 2 rings (SSSR count). The molecule has 6 heteroatoms. The number of hydrogen-bond donors (Lipinski definition) is 2. The average molecular weight is 267 g/mol. The minimum Gasteiger partial charge on any atom is -0.481 e. The summed E-state index contributed by atoms with van der Waals surface area (Å²) in [5, 5.41) is 13.9. The Morgan fingerprint density at radius 3 is 3.06 bits per heavy atom. The van der Waals surface area contributed by atoms with Gasteiger partial charge in [-0.25, -0.2) is 4.98 Å². The number of nitrogens with one attached hydrogen (secondary N) is 1. The van der Waals surface area contributed by atoms with Crippen molar-refractivity contribution in [2.45, 2.75) is 33.2 Å². The third kappa shape index (κ3) is 2.70. The molecule has 0 amide bonds. The lowest BCUT2D eigenvalue weighted by atomic mass is 10.3. The fourth-order valence-electron chi connectivity index (χ4n) is 1.95. The Balaban J connectivity index is 1.96. The normalized spacial score (nSPS) is 11.2. The minimum atomic E-state index is -0.742. The lowest BCUT2D eigenvalue weighted by molar-refractivity contribution is -0.137. The van der Waals surface area contributed by atoms with Crippen LogP contribution in [0.5, 0.6) is 0 Å². The molecule has 0 aromatic carbocycles. The summed E-state index contributed by atoms with van der Waals surface area (Å²) < 4.78 is 2.16. The van der Waals surface area contributed by atoms with Crippen LogP contribution >= 0.6 is 11.3 Å². The minimum absolute atomic E-state index is 0.214. The Morgan fingerprint density at radius 1 is 1.56 bits per heavy atom. The lowest BCUT2D eigenvalue weighted by Gasteiger charge is -2.05. The zero-order chi connectivity index (χ0) is 13.1. The summed E-state index contributed by atoms with van der Waals surface area (Å²) in [6.07, 6.45) is 0.865. The standard InChI is InChI=1S/C12H17N3O2S/c1-8-7-18-12-14-9(2)10(15(8)12)6-13-5-3-4-11(16)17/h7,13H,3-6H2,1-2H3,(H,16,17). The van der Waals surface area contributed by atoms with Crippen LogP contribution in [0.3, 0.4) is 0 Å². The predicted octanol–water partition coefficient (Wildman–Crippen LogP) is 1.97. The fourth-order valence-corrected chi connectivity index (χ4v) is 2.88. The molecule has 5 nitrogen and oxygen atoms in total. The van der Waals surface area contributed by atoms with Crippen LogP contribution in [0.25, 0.3) is 4.96 Å². The van der Waals surface area contributed by atoms with Crippen LogP contribution in [-0.2, 0) is 11.3 Å². The van der Waals surface area contributed by atoms with Crippen molar-refractivity contribution >= 4 is 22.3 Å². The van der Waals surface area contributed by atoms with Gasteiger partial charge in [0, 0.05) is 24.0 Å². The van der Waals surface area contributed by atoms with Crippen LogP contribution in [0.2, 0.25) is 0 Å². The molecular weight excluding hydrogens is 250 g/mol. The smallest absolute Gasteiger partial charge is 0.303 e. The molecule has 2 heterocycles. The van der Waals surface area contributed by atoms with Gasteiger partial charge in [-0.2, -0.15) is 0 Å². The van der Waals surface area contributed by atoms with Crippen molar-refractivity contribution in [3.8, 4) is 0 Å². The monoisotopic (exact) mass is 267 g/mol. The molecule has 0 saturated heterocycles. The van der Waals surface area contributed by atoms with Gasteiger partial charge in [0.25, 0.3) is 0 Å². The third-order valence-electron chi connectivity index (χ3n) is 2.87. The number of carboxylic acid groups (broad SMARTS) is 1. The first-order chi connectivity index (χ1) is 8.59. The van der Waals surface area contributed by atoms with E-state index in [1.807, 2.05) is 6.92 Å². The van der Waals surface area contributed by atoms with Crippen molar-refractivity contribution in [3.05, 3.63) is 22.5 Å². The van der Waals surface area contributed by atoms with E-state index in [2.05, 4.69) is 27.0 Å². The maximum Gasteiger partial charge on any atom is 0.303 e. The van der Waals surface area contributed by atoms with Crippen molar-refractivity contribution in [2.75, 3.05) is 6.54 Å². The van der Waals surface area contributed by atoms with Gasteiger partial charge in [0.1, 0.15) is 0 Å². The number of fused-ring (bicyclic) bond motifs is 1. The predicted molar refractivity (Wildman–Crippen MR) is 71.1 cm³/mol. The molecule has 98 valence electrons. The lowest BCUT2D eigenvalue weighted by Crippen LogP contribution is -2.17. The maximum atomic E-state index is 10.4. The molecule has 0 unspecified atom stereocenters. The summed E-state index contributed by atoms with van der Waals surface area (Å²) in [5.74, 6) is -0.742. The Bertz CT molecular complexity index is 559. The van der Waals surface area contributed by atoms with Crippen molar-refractivity contribution in [1.82, 2.24) is 14.7 Å². The molecule has 0 bridgehead atoms. The first kappa shape index (κ1) is 13.0. The number of rotatable bonds is 6. The summed E-state index contributed by atoms with van der Waals surface area (Å²) in [6.45, 7) is 5.51. The number of carbonyl (C=O) groups is 1. The van der Waals surface area contributed by atoms with Gasteiger partial charge in [0.15, 0.2) is 4.96 Å². The Labute approximate surface area is 109 Å². The molecule has 0 radical (unpaired) electrons. The van der Waals surface area contributed by atoms with Crippen LogP contribution in [0, 0.1) is 13.8 Å². The number of aliphatic carboxylic acids is 1. The van der Waals surface area contributed by atoms with E-state index < -0.39 is 5.97 Å². The highest BCUT2D eigenvalue weighted by atomic mass is 32.1. The Hall–Kier alpha value is -1.40. The number of thiazole rings is 1. The van der Waals surface area contributed by atoms with Crippen LogP contribution in [-0.4, -0.2) is 27.0 Å². The summed E-state index contributed by atoms with van der Waals surface area (Å²) >= 11 is 1.64. The molecule has 0 aliphatic rings. The van der Waals surface area contributed by atoms with Gasteiger partial charge >= 0.3 is 5.97 Å². The number of aryl methyl sites for hydroxylation is 2. The summed E-state index contributed by atoms with van der Waals surface area (Å²) in [5.41, 5.74) is 3.40. The van der Waals surface area contributed by atoms with Crippen molar-refractivity contribution in [1.29, 1.82) is 0 Å². The first-order valence-corrected chi connectivity index (χ1v) is 6.82. The second-order valence-electron chi connectivity index (χ2n) is 4.31. The van der Waals surface area contributed by atoms with E-state index in [0.717, 1.165) is 17.2 Å². The van der Waals surface area contributed by atoms with E-state index >= 15 is 0 Å². The Morgan fingerprint density at radius 2 is 2.33 bits per heavy atom. The highest BCUT2D eigenvalue weighted by molar-refractivity contribution is 7.15. The molecule has 18 heavy (non-hydrogen) atoms. The third-order valence-corrected chi connectivity index (χ3v) is 3.81. The van der Waals surface area contributed by atoms with E-state index in [9.17, 15) is 4.79 Å². The van der Waals surface area contributed by atoms with Crippen LogP contribution in [0.1, 0.15) is 29.9 Å². The second-order valence-corrected chi connectivity index (χ2v) is 5.15. The van der Waals surface area contributed by atoms with Crippen LogP contribution in [0.15, 0.2) is 5.38 Å². The molecular formula is C12H17N3O2S. The Kier molecular flexibility index (Phi) is 3.98. The van der Waals surface area contributed by atoms with E-state index in [0.29, 0.717) is 13.0 Å². The van der Waals surface area contributed by atoms with Crippen LogP contribution in [0.4, 0.5) is 0 Å². The first-order valence-electron chi connectivity index (χ1n) is 5.94. The zero-order valence-electron chi connectivity index (χ0n) is 10.6. The number of aromatic nitrogens is 2. The van der Waals surface area contributed by atoms with Gasteiger partial charge in [-0.1, -0.05) is 0 Å². The average Bonchev–Trinajstić information content (AvgIpc) is 2.79. The number of carboxylic acids is 1. The quantitative estimate of drug-likeness (QED) is 0.785. The van der Waals surface area contributed by atoms with Crippen molar-refractivity contribution in [2.24, 2.45) is 0 Å². The highest BCUT2D eigenvalue weighted by Gasteiger charge is 2.11. The van der Waals surface area contributed by atoms with E-state index in [-0.39, 0.29) is 6.42 Å². The van der Waals surface area contributed by atoms with Gasteiger partial charge in [0.05, 0.1) is 11.4 Å². The molecule has 0 spiro atoms. The fraction of sp³-hybridized carbons (Fsp3) is 0.500. The van der Waals surface area contributed by atoms with Gasteiger partial charge in [0.2, 0.25) is 0 Å². The largest absolute Gasteiger partial charge is 0.481 e. The molecule has 2 aromatic heterocycles. The summed E-state index contributed by atoms with van der Waals surface area (Å²) in [4.78, 5) is 15.9. The highest BCUT2D eigenvalue weighted by Crippen LogP contribution is 2.20. The molecule has 2 aromatic rings. The summed E-state index contributed by atoms with van der Waals surface area (Å²) in [6, 6.07) is 0. The molecule has 2 N–H and O–H groups in total. The van der Waals surface area contributed by atoms with E-state index in [1.54, 1.807) is 11.3 Å². The van der Waals surface area contributed by atoms with Gasteiger partial charge in [-0.3, -0.25) is 9.20 Å². The van der Waals surface area contributed by atoms with Gasteiger partial charge in [-0.15, -0.1) is 11.3 Å². The van der Waals surface area contributed by atoms with Crippen molar-refractivity contribution in [3.63, 3.8) is 0 Å². The summed E-state index contributed by atoms with van der Waals surface area (Å²) in [7, 11) is 0. The van der Waals surface area contributed by atoms with Gasteiger partial charge in [-0.05, 0) is 26.8 Å². The van der Waals surface area contributed by atoms with Crippen molar-refractivity contribution < 1.29 is 9.90 Å². The molecule has 0 atom stereocenters. The van der Waals surface area contributed by atoms with E-state index in [4.69, 9.17) is 5.11 Å². The zero-order valence-corrected chi connectivity index (χ0v) is 11.4.